The minimum atomic E-state index is -4.96. The highest BCUT2D eigenvalue weighted by atomic mass is 31.2. The molecule has 7 atom stereocenters. The molecule has 0 saturated carbocycles. The number of hydrogen-bond donors (Lipinski definition) is 3. The highest BCUT2D eigenvalue weighted by molar-refractivity contribution is 7.47. The normalized spacial score (nSPS) is 14.4. The van der Waals surface area contributed by atoms with Crippen LogP contribution in [0.3, 0.4) is 0 Å². The number of aliphatic hydroxyl groups excluding tert-OH is 1. The van der Waals surface area contributed by atoms with E-state index in [1.165, 1.54) is 250 Å². The van der Waals surface area contributed by atoms with Crippen LogP contribution in [0.2, 0.25) is 0 Å². The minimum absolute atomic E-state index is 0.108. The molecule has 101 heavy (non-hydrogen) atoms. The lowest BCUT2D eigenvalue weighted by Gasteiger charge is -2.21. The summed E-state index contributed by atoms with van der Waals surface area (Å²) in [6.07, 6.45) is 63.7. The monoisotopic (exact) mass is 1480 g/mol. The van der Waals surface area contributed by atoms with Crippen LogP contribution in [-0.4, -0.2) is 96.7 Å². The van der Waals surface area contributed by atoms with Crippen LogP contribution >= 0.6 is 15.6 Å². The molecule has 0 aromatic heterocycles. The Morgan fingerprint density at radius 2 is 0.475 bits per heavy atom. The molecule has 0 heterocycles. The Morgan fingerprint density at radius 1 is 0.277 bits per heavy atom. The summed E-state index contributed by atoms with van der Waals surface area (Å²) >= 11 is 0. The first-order valence-electron chi connectivity index (χ1n) is 42.6. The van der Waals surface area contributed by atoms with Gasteiger partial charge in [-0.25, -0.2) is 9.13 Å². The summed E-state index contributed by atoms with van der Waals surface area (Å²) in [6.45, 7) is 9.75. The highest BCUT2D eigenvalue weighted by Gasteiger charge is 2.30. The van der Waals surface area contributed by atoms with Crippen molar-refractivity contribution in [2.45, 2.75) is 452 Å². The molecule has 0 aromatic rings. The maximum Gasteiger partial charge on any atom is 0.472 e. The lowest BCUT2D eigenvalue weighted by Crippen LogP contribution is -2.30. The van der Waals surface area contributed by atoms with Gasteiger partial charge in [0.15, 0.2) is 12.2 Å². The molecule has 0 bridgehead atoms. The molecule has 19 heteroatoms. The first kappa shape index (κ1) is 99.1. The summed E-state index contributed by atoms with van der Waals surface area (Å²) in [5.41, 5.74) is 0. The van der Waals surface area contributed by atoms with Gasteiger partial charge in [0.05, 0.1) is 26.4 Å². The van der Waals surface area contributed by atoms with E-state index < -0.39 is 97.5 Å². The first-order chi connectivity index (χ1) is 48.9. The maximum absolute atomic E-state index is 13.1. The zero-order chi connectivity index (χ0) is 74.2. The fourth-order valence-electron chi connectivity index (χ4n) is 12.6. The molecule has 0 rings (SSSR count). The van der Waals surface area contributed by atoms with Crippen molar-refractivity contribution >= 4 is 39.5 Å². The Labute approximate surface area is 619 Å². The fraction of sp³-hybridized carbons (Fsp3) is 0.951. The predicted octanol–water partition coefficient (Wildman–Crippen LogP) is 24.7. The summed E-state index contributed by atoms with van der Waals surface area (Å²) in [6, 6.07) is 0. The van der Waals surface area contributed by atoms with Gasteiger partial charge in [0, 0.05) is 25.7 Å². The van der Waals surface area contributed by atoms with Gasteiger partial charge in [-0.2, -0.15) is 0 Å². The number of carbonyl (C=O) groups is 4. The lowest BCUT2D eigenvalue weighted by molar-refractivity contribution is -0.161. The van der Waals surface area contributed by atoms with Crippen molar-refractivity contribution in [1.29, 1.82) is 0 Å². The fourth-order valence-corrected chi connectivity index (χ4v) is 14.2. The molecule has 0 aliphatic carbocycles. The average Bonchev–Trinajstić information content (AvgIpc) is 1.04. The molecule has 0 spiro atoms. The number of phosphoric acid groups is 2. The van der Waals surface area contributed by atoms with Crippen molar-refractivity contribution < 1.29 is 80.2 Å². The van der Waals surface area contributed by atoms with Crippen molar-refractivity contribution in [3.8, 4) is 0 Å². The Bertz CT molecular complexity index is 1950. The van der Waals surface area contributed by atoms with Crippen LogP contribution in [0, 0.1) is 11.8 Å². The first-order valence-corrected chi connectivity index (χ1v) is 45.6. The smallest absolute Gasteiger partial charge is 0.462 e. The molecule has 0 amide bonds. The van der Waals surface area contributed by atoms with Crippen molar-refractivity contribution in [2.75, 3.05) is 39.6 Å². The summed E-state index contributed by atoms with van der Waals surface area (Å²) in [4.78, 5) is 73.0. The third-order valence-corrected chi connectivity index (χ3v) is 21.8. The quantitative estimate of drug-likeness (QED) is 0.0222. The van der Waals surface area contributed by atoms with Gasteiger partial charge in [0.25, 0.3) is 0 Å². The van der Waals surface area contributed by atoms with Crippen LogP contribution in [-0.2, 0) is 65.4 Å². The summed E-state index contributed by atoms with van der Waals surface area (Å²) in [7, 11) is -9.92. The number of carbonyl (C=O) groups excluding carboxylic acids is 4. The number of unbranched alkanes of at least 4 members (excludes halogenated alkanes) is 49. The molecule has 0 radical (unpaired) electrons. The largest absolute Gasteiger partial charge is 0.472 e. The highest BCUT2D eigenvalue weighted by Crippen LogP contribution is 2.45. The second-order valence-electron chi connectivity index (χ2n) is 30.0. The average molecular weight is 1480 g/mol. The summed E-state index contributed by atoms with van der Waals surface area (Å²) in [5.74, 6) is -0.387. The van der Waals surface area contributed by atoms with Crippen molar-refractivity contribution in [3.63, 3.8) is 0 Å². The maximum atomic E-state index is 13.1. The van der Waals surface area contributed by atoms with Crippen LogP contribution in [0.5, 0.6) is 0 Å². The van der Waals surface area contributed by atoms with Crippen LogP contribution < -0.4 is 0 Å². The van der Waals surface area contributed by atoms with E-state index in [9.17, 15) is 43.2 Å². The number of phosphoric ester groups is 2. The standard InChI is InChI=1S/C82H160O17P2/c1-7-11-13-15-17-19-20-35-42-48-54-60-66-81(86)98-77(70-92-79(84)64-58-52-46-38-18-16-14-12-8-2)72-96-100(88,89)94-68-76(83)69-95-101(90,91)97-73-78(71-93-80(85)65-59-53-47-41-36-31-28-27-30-34-40-45-51-57-63-75(6)10-4)99-82(87)67-61-55-49-43-37-32-26-24-22-21-23-25-29-33-39-44-50-56-62-74(5)9-3/h74-78,83H,7-73H2,1-6H3,(H,88,89)(H,90,91)/t74?,75?,76-,77+,78+/m0/s1. The Balaban J connectivity index is 5.20. The number of rotatable bonds is 81. The van der Waals surface area contributed by atoms with E-state index >= 15 is 0 Å². The van der Waals surface area contributed by atoms with E-state index in [1.807, 2.05) is 0 Å². The lowest BCUT2D eigenvalue weighted by atomic mass is 9.99. The van der Waals surface area contributed by atoms with E-state index in [1.54, 1.807) is 0 Å². The Morgan fingerprint density at radius 3 is 0.703 bits per heavy atom. The summed E-state index contributed by atoms with van der Waals surface area (Å²) < 4.78 is 68.7. The molecular weight excluding hydrogens is 1320 g/mol. The topological polar surface area (TPSA) is 237 Å². The van der Waals surface area contributed by atoms with Gasteiger partial charge < -0.3 is 33.8 Å². The molecular formula is C82H160O17P2. The molecule has 0 saturated heterocycles. The van der Waals surface area contributed by atoms with E-state index in [4.69, 9.17) is 37.0 Å². The summed E-state index contributed by atoms with van der Waals surface area (Å²) in [5, 5.41) is 10.6. The molecule has 600 valence electrons. The number of hydrogen-bond acceptors (Lipinski definition) is 15. The van der Waals surface area contributed by atoms with Gasteiger partial charge in [-0.15, -0.1) is 0 Å². The van der Waals surface area contributed by atoms with Crippen LogP contribution in [0.15, 0.2) is 0 Å². The molecule has 0 aromatic carbocycles. The second-order valence-corrected chi connectivity index (χ2v) is 32.9. The Kier molecular flexibility index (Phi) is 72.2. The van der Waals surface area contributed by atoms with E-state index in [2.05, 4.69) is 41.5 Å². The van der Waals surface area contributed by atoms with Gasteiger partial charge in [0.1, 0.15) is 19.3 Å². The zero-order valence-corrected chi connectivity index (χ0v) is 68.0. The molecule has 0 aliphatic heterocycles. The van der Waals surface area contributed by atoms with Crippen molar-refractivity contribution in [3.05, 3.63) is 0 Å². The number of esters is 4. The molecule has 0 fully saturated rings. The van der Waals surface area contributed by atoms with Gasteiger partial charge in [0.2, 0.25) is 0 Å². The third-order valence-electron chi connectivity index (χ3n) is 19.9. The van der Waals surface area contributed by atoms with Gasteiger partial charge >= 0.3 is 39.5 Å². The van der Waals surface area contributed by atoms with Gasteiger partial charge in [-0.05, 0) is 37.5 Å². The molecule has 4 unspecified atom stereocenters. The van der Waals surface area contributed by atoms with Crippen molar-refractivity contribution in [1.82, 2.24) is 0 Å². The third kappa shape index (κ3) is 73.4. The molecule has 17 nitrogen and oxygen atoms in total. The van der Waals surface area contributed by atoms with E-state index in [0.717, 1.165) is 102 Å². The van der Waals surface area contributed by atoms with Crippen LogP contribution in [0.4, 0.5) is 0 Å². The van der Waals surface area contributed by atoms with Crippen LogP contribution in [0.25, 0.3) is 0 Å². The van der Waals surface area contributed by atoms with E-state index in [-0.39, 0.29) is 25.7 Å². The van der Waals surface area contributed by atoms with Gasteiger partial charge in [-0.1, -0.05) is 382 Å². The number of ether oxygens (including phenoxy) is 4. The predicted molar refractivity (Wildman–Crippen MR) is 414 cm³/mol. The van der Waals surface area contributed by atoms with Crippen LogP contribution in [0.1, 0.15) is 433 Å². The van der Waals surface area contributed by atoms with Gasteiger partial charge in [-0.3, -0.25) is 37.3 Å². The minimum Gasteiger partial charge on any atom is -0.462 e. The Hall–Kier alpha value is -1.94. The molecule has 0 aliphatic rings. The van der Waals surface area contributed by atoms with E-state index in [0.29, 0.717) is 25.7 Å². The van der Waals surface area contributed by atoms with Crippen molar-refractivity contribution in [2.24, 2.45) is 11.8 Å². The second kappa shape index (κ2) is 73.6. The molecule has 3 N–H and O–H groups in total. The number of aliphatic hydroxyl groups is 1. The SMILES string of the molecule is CCCCCCCCCCCCCCC(=O)O[C@H](COC(=O)CCCCCCCCCCC)COP(=O)(O)OC[C@H](O)COP(=O)(O)OC[C@@H](COC(=O)CCCCCCCCCCCCCCCCC(C)CC)OC(=O)CCCCCCCCCCCCCCCCCCCCC(C)CC. The zero-order valence-electron chi connectivity index (χ0n) is 66.2.